The highest BCUT2D eigenvalue weighted by Gasteiger charge is 2.10. The lowest BCUT2D eigenvalue weighted by molar-refractivity contribution is -0.136. The molecule has 0 N–H and O–H groups in total. The van der Waals surface area contributed by atoms with E-state index in [-0.39, 0.29) is 17.4 Å². The van der Waals surface area contributed by atoms with E-state index < -0.39 is 5.97 Å². The molecule has 6 heteroatoms. The van der Waals surface area contributed by atoms with Gasteiger partial charge in [-0.3, -0.25) is 0 Å². The Hall–Kier alpha value is -2.03. The molecule has 2 aromatic carbocycles. The van der Waals surface area contributed by atoms with Crippen LogP contribution in [0.15, 0.2) is 46.9 Å². The first-order chi connectivity index (χ1) is 10.1. The fraction of sp³-hybridized carbons (Fsp3) is 0.0667. The number of halogens is 2. The van der Waals surface area contributed by atoms with Crippen molar-refractivity contribution in [2.24, 2.45) is 0 Å². The Balaban J connectivity index is 1.93. The van der Waals surface area contributed by atoms with Crippen LogP contribution in [0, 0.1) is 11.3 Å². The van der Waals surface area contributed by atoms with Crippen LogP contribution in [0.25, 0.3) is 0 Å². The molecule has 4 nitrogen and oxygen atoms in total. The van der Waals surface area contributed by atoms with Crippen molar-refractivity contribution in [3.63, 3.8) is 0 Å². The summed E-state index contributed by atoms with van der Waals surface area (Å²) in [7, 11) is 0. The van der Waals surface area contributed by atoms with Gasteiger partial charge in [0.15, 0.2) is 6.61 Å². The van der Waals surface area contributed by atoms with E-state index in [0.717, 1.165) is 4.47 Å². The van der Waals surface area contributed by atoms with Crippen molar-refractivity contribution in [1.82, 2.24) is 0 Å². The maximum absolute atomic E-state index is 11.7. The summed E-state index contributed by atoms with van der Waals surface area (Å²) >= 11 is 9.22. The van der Waals surface area contributed by atoms with Crippen molar-refractivity contribution >= 4 is 33.5 Å². The molecule has 0 bridgehead atoms. The highest BCUT2D eigenvalue weighted by atomic mass is 79.9. The Morgan fingerprint density at radius 1 is 1.24 bits per heavy atom. The van der Waals surface area contributed by atoms with Gasteiger partial charge in [0, 0.05) is 4.47 Å². The van der Waals surface area contributed by atoms with E-state index in [1.807, 2.05) is 6.07 Å². The first-order valence-corrected chi connectivity index (χ1v) is 7.04. The summed E-state index contributed by atoms with van der Waals surface area (Å²) in [5.74, 6) is 0.172. The summed E-state index contributed by atoms with van der Waals surface area (Å²) in [4.78, 5) is 11.7. The molecule has 0 heterocycles. The topological polar surface area (TPSA) is 59.3 Å². The molecule has 0 atom stereocenters. The summed E-state index contributed by atoms with van der Waals surface area (Å²) in [6.07, 6.45) is 0. The molecule has 0 fully saturated rings. The van der Waals surface area contributed by atoms with Crippen LogP contribution in [0.2, 0.25) is 5.02 Å². The lowest BCUT2D eigenvalue weighted by Gasteiger charge is -2.08. The lowest BCUT2D eigenvalue weighted by Crippen LogP contribution is -2.17. The molecule has 2 rings (SSSR count). The van der Waals surface area contributed by atoms with Crippen molar-refractivity contribution in [3.05, 3.63) is 57.5 Å². The summed E-state index contributed by atoms with van der Waals surface area (Å²) in [5, 5.41) is 8.92. The van der Waals surface area contributed by atoms with Gasteiger partial charge in [-0.2, -0.15) is 5.26 Å². The molecule has 0 aliphatic rings. The average Bonchev–Trinajstić information content (AvgIpc) is 2.48. The van der Waals surface area contributed by atoms with Gasteiger partial charge in [0.2, 0.25) is 0 Å². The molecule has 0 unspecified atom stereocenters. The van der Waals surface area contributed by atoms with Gasteiger partial charge in [-0.25, -0.2) is 4.79 Å². The Kier molecular flexibility index (Phi) is 5.20. The number of rotatable bonds is 4. The zero-order valence-electron chi connectivity index (χ0n) is 10.7. The molecule has 0 aliphatic carbocycles. The fourth-order valence-electron chi connectivity index (χ4n) is 1.48. The number of carbonyl (C=O) groups is 1. The Morgan fingerprint density at radius 2 is 1.95 bits per heavy atom. The average molecular weight is 367 g/mol. The van der Waals surface area contributed by atoms with Crippen LogP contribution in [-0.2, 0) is 4.79 Å². The second kappa shape index (κ2) is 7.11. The van der Waals surface area contributed by atoms with Crippen molar-refractivity contribution in [2.45, 2.75) is 0 Å². The van der Waals surface area contributed by atoms with E-state index in [9.17, 15) is 4.79 Å². The number of hydrogen-bond donors (Lipinski definition) is 0. The summed E-state index contributed by atoms with van der Waals surface area (Å²) < 4.78 is 11.3. The van der Waals surface area contributed by atoms with Crippen LogP contribution in [0.3, 0.4) is 0 Å². The van der Waals surface area contributed by atoms with Gasteiger partial charge in [-0.1, -0.05) is 27.5 Å². The standard InChI is InChI=1S/C15H9BrClNO3/c16-11-2-4-12(5-3-11)20-9-15(19)21-14-6-1-10(8-18)7-13(14)17/h1-7H,9H2. The minimum absolute atomic E-state index is 0.195. The van der Waals surface area contributed by atoms with Crippen molar-refractivity contribution in [2.75, 3.05) is 6.61 Å². The van der Waals surface area contributed by atoms with Gasteiger partial charge in [-0.15, -0.1) is 0 Å². The highest BCUT2D eigenvalue weighted by Crippen LogP contribution is 2.25. The number of nitrogens with zero attached hydrogens (tertiary/aromatic N) is 1. The van der Waals surface area contributed by atoms with Crippen LogP contribution in [0.1, 0.15) is 5.56 Å². The number of hydrogen-bond acceptors (Lipinski definition) is 4. The quantitative estimate of drug-likeness (QED) is 0.607. The second-order valence-corrected chi connectivity index (χ2v) is 5.30. The number of esters is 1. The van der Waals surface area contributed by atoms with Crippen LogP contribution in [-0.4, -0.2) is 12.6 Å². The first-order valence-electron chi connectivity index (χ1n) is 5.87. The normalized spacial score (nSPS) is 9.76. The number of ether oxygens (including phenoxy) is 2. The van der Waals surface area contributed by atoms with Crippen LogP contribution < -0.4 is 9.47 Å². The smallest absolute Gasteiger partial charge is 0.349 e. The number of nitriles is 1. The van der Waals surface area contributed by atoms with Gasteiger partial charge in [0.1, 0.15) is 11.5 Å². The third-order valence-corrected chi connectivity index (χ3v) is 3.28. The maximum Gasteiger partial charge on any atom is 0.349 e. The predicted molar refractivity (Wildman–Crippen MR) is 81.4 cm³/mol. The van der Waals surface area contributed by atoms with Crippen molar-refractivity contribution in [3.8, 4) is 17.6 Å². The third-order valence-electron chi connectivity index (χ3n) is 2.46. The first kappa shape index (κ1) is 15.4. The van der Waals surface area contributed by atoms with E-state index in [1.54, 1.807) is 24.3 Å². The van der Waals surface area contributed by atoms with Gasteiger partial charge in [-0.05, 0) is 42.5 Å². The van der Waals surface area contributed by atoms with E-state index in [4.69, 9.17) is 26.3 Å². The second-order valence-electron chi connectivity index (χ2n) is 3.97. The van der Waals surface area contributed by atoms with Gasteiger partial charge in [0.25, 0.3) is 0 Å². The van der Waals surface area contributed by atoms with Gasteiger partial charge < -0.3 is 9.47 Å². The molecule has 0 spiro atoms. The lowest BCUT2D eigenvalue weighted by atomic mass is 10.2. The summed E-state index contributed by atoms with van der Waals surface area (Å²) in [6, 6.07) is 13.4. The molecule has 21 heavy (non-hydrogen) atoms. The largest absolute Gasteiger partial charge is 0.482 e. The van der Waals surface area contributed by atoms with Crippen molar-refractivity contribution in [1.29, 1.82) is 5.26 Å². The Morgan fingerprint density at radius 3 is 2.57 bits per heavy atom. The number of carbonyl (C=O) groups excluding carboxylic acids is 1. The predicted octanol–water partition coefficient (Wildman–Crippen LogP) is 3.96. The molecular weight excluding hydrogens is 358 g/mol. The molecule has 106 valence electrons. The Labute approximate surface area is 135 Å². The maximum atomic E-state index is 11.7. The minimum atomic E-state index is -0.579. The van der Waals surface area contributed by atoms with Crippen LogP contribution in [0.5, 0.6) is 11.5 Å². The molecule has 0 aliphatic heterocycles. The van der Waals surface area contributed by atoms with Crippen molar-refractivity contribution < 1.29 is 14.3 Å². The van der Waals surface area contributed by atoms with E-state index in [1.165, 1.54) is 18.2 Å². The molecular formula is C15H9BrClNO3. The summed E-state index contributed by atoms with van der Waals surface area (Å²) in [6.45, 7) is -0.238. The zero-order chi connectivity index (χ0) is 15.2. The number of benzene rings is 2. The van der Waals surface area contributed by atoms with E-state index in [2.05, 4.69) is 15.9 Å². The monoisotopic (exact) mass is 365 g/mol. The molecule has 0 saturated heterocycles. The highest BCUT2D eigenvalue weighted by molar-refractivity contribution is 9.10. The molecule has 2 aromatic rings. The molecule has 0 radical (unpaired) electrons. The van der Waals surface area contributed by atoms with E-state index in [0.29, 0.717) is 11.3 Å². The van der Waals surface area contributed by atoms with Gasteiger partial charge >= 0.3 is 5.97 Å². The Bertz CT molecular complexity index is 695. The van der Waals surface area contributed by atoms with E-state index >= 15 is 0 Å². The van der Waals surface area contributed by atoms with Crippen LogP contribution in [0.4, 0.5) is 0 Å². The molecule has 0 aromatic heterocycles. The molecule has 0 amide bonds. The fourth-order valence-corrected chi connectivity index (χ4v) is 1.96. The third kappa shape index (κ3) is 4.48. The van der Waals surface area contributed by atoms with Gasteiger partial charge in [0.05, 0.1) is 16.7 Å². The molecule has 0 saturated carbocycles. The zero-order valence-corrected chi connectivity index (χ0v) is 13.0. The van der Waals surface area contributed by atoms with Crippen LogP contribution >= 0.6 is 27.5 Å². The summed E-state index contributed by atoms with van der Waals surface area (Å²) in [5.41, 5.74) is 0.394. The SMILES string of the molecule is N#Cc1ccc(OC(=O)COc2ccc(Br)cc2)c(Cl)c1. The minimum Gasteiger partial charge on any atom is -0.482 e.